The summed E-state index contributed by atoms with van der Waals surface area (Å²) in [4.78, 5) is 19.8. The lowest BCUT2D eigenvalue weighted by atomic mass is 10.0. The maximum atomic E-state index is 13.0. The molecule has 2 aliphatic rings. The second-order valence-electron chi connectivity index (χ2n) is 5.95. The van der Waals surface area contributed by atoms with E-state index in [0.29, 0.717) is 6.54 Å². The van der Waals surface area contributed by atoms with Crippen molar-refractivity contribution in [3.63, 3.8) is 0 Å². The molecule has 4 rings (SSSR count). The Morgan fingerprint density at radius 1 is 1.05 bits per heavy atom. The standard InChI is InChI=1S/C19H18N2O/c22-19-15-9-6-11-16(15)20-17-10-4-5-12-18(17)21(19)13-14-7-2-1-3-8-14/h1-5,7-8,10,12,15H,6,9,11,13H2. The number of amides is 1. The van der Waals surface area contributed by atoms with E-state index in [4.69, 9.17) is 4.99 Å². The van der Waals surface area contributed by atoms with E-state index in [0.717, 1.165) is 41.9 Å². The summed E-state index contributed by atoms with van der Waals surface area (Å²) < 4.78 is 0. The molecule has 0 spiro atoms. The molecule has 1 aliphatic heterocycles. The fourth-order valence-corrected chi connectivity index (χ4v) is 3.41. The van der Waals surface area contributed by atoms with Crippen molar-refractivity contribution in [2.45, 2.75) is 25.8 Å². The zero-order valence-corrected chi connectivity index (χ0v) is 12.4. The van der Waals surface area contributed by atoms with Gasteiger partial charge in [0, 0.05) is 5.71 Å². The van der Waals surface area contributed by atoms with Gasteiger partial charge in [0.15, 0.2) is 0 Å². The minimum absolute atomic E-state index is 0.0314. The van der Waals surface area contributed by atoms with Gasteiger partial charge in [0.05, 0.1) is 23.8 Å². The molecule has 2 aromatic rings. The van der Waals surface area contributed by atoms with Gasteiger partial charge in [-0.3, -0.25) is 9.79 Å². The average molecular weight is 290 g/mol. The van der Waals surface area contributed by atoms with Gasteiger partial charge in [0.25, 0.3) is 0 Å². The Labute approximate surface area is 130 Å². The molecular weight excluding hydrogens is 272 g/mol. The molecule has 1 fully saturated rings. The highest BCUT2D eigenvalue weighted by atomic mass is 16.2. The quantitative estimate of drug-likeness (QED) is 0.819. The van der Waals surface area contributed by atoms with Crippen LogP contribution in [0.2, 0.25) is 0 Å². The number of aliphatic imine (C=N–C) groups is 1. The third-order valence-electron chi connectivity index (χ3n) is 4.51. The van der Waals surface area contributed by atoms with E-state index >= 15 is 0 Å². The monoisotopic (exact) mass is 290 g/mol. The summed E-state index contributed by atoms with van der Waals surface area (Å²) in [6, 6.07) is 18.1. The van der Waals surface area contributed by atoms with Crippen molar-refractivity contribution in [1.82, 2.24) is 0 Å². The van der Waals surface area contributed by atoms with Gasteiger partial charge in [0.1, 0.15) is 0 Å². The predicted octanol–water partition coefficient (Wildman–Crippen LogP) is 4.11. The van der Waals surface area contributed by atoms with Crippen LogP contribution in [0.5, 0.6) is 0 Å². The van der Waals surface area contributed by atoms with E-state index in [1.807, 2.05) is 47.4 Å². The zero-order valence-electron chi connectivity index (χ0n) is 12.4. The molecule has 3 heteroatoms. The van der Waals surface area contributed by atoms with Gasteiger partial charge in [-0.1, -0.05) is 42.5 Å². The second kappa shape index (κ2) is 5.41. The van der Waals surface area contributed by atoms with Gasteiger partial charge < -0.3 is 4.90 Å². The highest BCUT2D eigenvalue weighted by Gasteiger charge is 2.36. The number of fused-ring (bicyclic) bond motifs is 2. The number of nitrogens with zero attached hydrogens (tertiary/aromatic N) is 2. The van der Waals surface area contributed by atoms with Crippen LogP contribution < -0.4 is 4.90 Å². The average Bonchev–Trinajstić information content (AvgIpc) is 2.98. The minimum Gasteiger partial charge on any atom is -0.305 e. The Kier molecular flexibility index (Phi) is 3.26. The molecule has 1 atom stereocenters. The highest BCUT2D eigenvalue weighted by molar-refractivity contribution is 6.14. The van der Waals surface area contributed by atoms with Crippen LogP contribution in [-0.2, 0) is 11.3 Å². The topological polar surface area (TPSA) is 32.7 Å². The lowest BCUT2D eigenvalue weighted by Crippen LogP contribution is -2.36. The van der Waals surface area contributed by atoms with Crippen molar-refractivity contribution in [3.05, 3.63) is 60.2 Å². The number of anilines is 1. The Balaban J connectivity index is 1.78. The molecule has 0 N–H and O–H groups in total. The zero-order chi connectivity index (χ0) is 14.9. The predicted molar refractivity (Wildman–Crippen MR) is 88.5 cm³/mol. The van der Waals surface area contributed by atoms with Crippen LogP contribution >= 0.6 is 0 Å². The number of hydrogen-bond donors (Lipinski definition) is 0. The molecule has 1 saturated carbocycles. The second-order valence-corrected chi connectivity index (χ2v) is 5.95. The number of benzene rings is 2. The van der Waals surface area contributed by atoms with E-state index in [-0.39, 0.29) is 11.8 Å². The number of rotatable bonds is 2. The fourth-order valence-electron chi connectivity index (χ4n) is 3.41. The Morgan fingerprint density at radius 3 is 2.68 bits per heavy atom. The first-order chi connectivity index (χ1) is 10.8. The normalized spacial score (nSPS) is 20.2. The van der Waals surface area contributed by atoms with Crippen molar-refractivity contribution in [2.24, 2.45) is 10.9 Å². The summed E-state index contributed by atoms with van der Waals surface area (Å²) in [6.07, 6.45) is 2.94. The van der Waals surface area contributed by atoms with Gasteiger partial charge in [-0.15, -0.1) is 0 Å². The third-order valence-corrected chi connectivity index (χ3v) is 4.51. The minimum atomic E-state index is -0.0314. The van der Waals surface area contributed by atoms with Crippen LogP contribution in [0.3, 0.4) is 0 Å². The fraction of sp³-hybridized carbons (Fsp3) is 0.263. The van der Waals surface area contributed by atoms with Crippen molar-refractivity contribution >= 4 is 23.0 Å². The first kappa shape index (κ1) is 13.3. The molecule has 3 nitrogen and oxygen atoms in total. The summed E-state index contributed by atoms with van der Waals surface area (Å²) in [5.41, 5.74) is 4.06. The molecule has 110 valence electrons. The SMILES string of the molecule is O=C1C2CCCC2=Nc2ccccc2N1Cc1ccccc1. The van der Waals surface area contributed by atoms with Gasteiger partial charge in [-0.05, 0) is 37.0 Å². The lowest BCUT2D eigenvalue weighted by molar-refractivity contribution is -0.120. The maximum Gasteiger partial charge on any atom is 0.236 e. The molecule has 22 heavy (non-hydrogen) atoms. The Hall–Kier alpha value is -2.42. The van der Waals surface area contributed by atoms with Crippen molar-refractivity contribution < 1.29 is 4.79 Å². The summed E-state index contributed by atoms with van der Waals surface area (Å²) in [5, 5.41) is 0. The van der Waals surface area contributed by atoms with Crippen LogP contribution in [-0.4, -0.2) is 11.6 Å². The summed E-state index contributed by atoms with van der Waals surface area (Å²) in [6.45, 7) is 0.607. The van der Waals surface area contributed by atoms with E-state index in [2.05, 4.69) is 12.1 Å². The molecule has 0 saturated heterocycles. The van der Waals surface area contributed by atoms with Gasteiger partial charge in [-0.2, -0.15) is 0 Å². The first-order valence-corrected chi connectivity index (χ1v) is 7.85. The van der Waals surface area contributed by atoms with Crippen LogP contribution in [0, 0.1) is 5.92 Å². The van der Waals surface area contributed by atoms with E-state index in [9.17, 15) is 4.79 Å². The number of hydrogen-bond acceptors (Lipinski definition) is 2. The summed E-state index contributed by atoms with van der Waals surface area (Å²) >= 11 is 0. The summed E-state index contributed by atoms with van der Waals surface area (Å²) in [5.74, 6) is 0.168. The lowest BCUT2D eigenvalue weighted by Gasteiger charge is -2.25. The highest BCUT2D eigenvalue weighted by Crippen LogP contribution is 2.38. The van der Waals surface area contributed by atoms with Crippen molar-refractivity contribution in [1.29, 1.82) is 0 Å². The summed E-state index contributed by atoms with van der Waals surface area (Å²) in [7, 11) is 0. The first-order valence-electron chi connectivity index (χ1n) is 7.85. The van der Waals surface area contributed by atoms with Crippen molar-refractivity contribution in [2.75, 3.05) is 4.90 Å². The molecule has 1 amide bonds. The third kappa shape index (κ3) is 2.23. The smallest absolute Gasteiger partial charge is 0.236 e. The Bertz CT molecular complexity index is 736. The molecule has 1 heterocycles. The van der Waals surface area contributed by atoms with Crippen LogP contribution in [0.25, 0.3) is 0 Å². The van der Waals surface area contributed by atoms with Crippen molar-refractivity contribution in [3.8, 4) is 0 Å². The van der Waals surface area contributed by atoms with E-state index in [1.54, 1.807) is 0 Å². The largest absolute Gasteiger partial charge is 0.305 e. The maximum absolute atomic E-state index is 13.0. The molecule has 0 radical (unpaired) electrons. The number of carbonyl (C=O) groups is 1. The van der Waals surface area contributed by atoms with Gasteiger partial charge >= 0.3 is 0 Å². The Morgan fingerprint density at radius 2 is 1.82 bits per heavy atom. The van der Waals surface area contributed by atoms with Crippen LogP contribution in [0.15, 0.2) is 59.6 Å². The van der Waals surface area contributed by atoms with E-state index < -0.39 is 0 Å². The van der Waals surface area contributed by atoms with Gasteiger partial charge in [0.2, 0.25) is 5.91 Å². The number of para-hydroxylation sites is 2. The van der Waals surface area contributed by atoms with Crippen LogP contribution in [0.1, 0.15) is 24.8 Å². The molecule has 2 aromatic carbocycles. The number of carbonyl (C=O) groups excluding carboxylic acids is 1. The molecular formula is C19H18N2O. The molecule has 0 aromatic heterocycles. The molecule has 0 bridgehead atoms. The van der Waals surface area contributed by atoms with E-state index in [1.165, 1.54) is 0 Å². The van der Waals surface area contributed by atoms with Gasteiger partial charge in [-0.25, -0.2) is 0 Å². The molecule has 1 unspecified atom stereocenters. The molecule has 1 aliphatic carbocycles. The van der Waals surface area contributed by atoms with Crippen LogP contribution in [0.4, 0.5) is 11.4 Å².